The van der Waals surface area contributed by atoms with E-state index in [-0.39, 0.29) is 19.1 Å². The molecular weight excluding hydrogens is 573 g/mol. The molecular formula is C36H48NO6P. The third-order valence-electron chi connectivity index (χ3n) is 7.71. The van der Waals surface area contributed by atoms with Gasteiger partial charge in [-0.15, -0.1) is 0 Å². The number of nitrogens with zero attached hydrogens (tertiary/aromatic N) is 1. The van der Waals surface area contributed by atoms with Gasteiger partial charge in [-0.1, -0.05) is 112 Å². The highest BCUT2D eigenvalue weighted by atomic mass is 31.2. The molecule has 0 radical (unpaired) electrons. The van der Waals surface area contributed by atoms with Gasteiger partial charge in [-0.2, -0.15) is 0 Å². The topological polar surface area (TPSA) is 74.3 Å². The molecule has 8 heteroatoms. The van der Waals surface area contributed by atoms with Crippen molar-refractivity contribution in [1.29, 1.82) is 0 Å². The molecule has 3 aromatic rings. The Balaban J connectivity index is 1.14. The van der Waals surface area contributed by atoms with Crippen LogP contribution in [0, 0.1) is 0 Å². The summed E-state index contributed by atoms with van der Waals surface area (Å²) in [5.41, 5.74) is 2.98. The van der Waals surface area contributed by atoms with E-state index < -0.39 is 13.9 Å². The number of hydrogen-bond acceptors (Lipinski definition) is 6. The molecule has 0 saturated carbocycles. The highest BCUT2D eigenvalue weighted by Crippen LogP contribution is 2.53. The molecule has 1 aliphatic heterocycles. The van der Waals surface area contributed by atoms with Gasteiger partial charge >= 0.3 is 7.82 Å². The summed E-state index contributed by atoms with van der Waals surface area (Å²) in [7, 11) is -3.86. The standard InChI is InChI=1S/C36H48NO6P/c1-2-3-4-5-6-15-25-40-34-23-16-22-31(26-34)17-13-14-24-36(38)37-27-35(28-37)43-44(39,41-29-32-18-9-7-10-19-32)42-30-33-20-11-8-12-21-33/h7-12,16,18-23,26,35H,2-6,13-15,17,24-25,27-30H2,1H3. The Labute approximate surface area is 263 Å². The van der Waals surface area contributed by atoms with Gasteiger partial charge in [0.2, 0.25) is 5.91 Å². The zero-order chi connectivity index (χ0) is 30.9. The first-order valence-corrected chi connectivity index (χ1v) is 17.6. The fraction of sp³-hybridized carbons (Fsp3) is 0.472. The number of aryl methyl sites for hydroxylation is 1. The number of amides is 1. The first-order chi connectivity index (χ1) is 21.5. The average molecular weight is 622 g/mol. The van der Waals surface area contributed by atoms with Crippen molar-refractivity contribution in [3.05, 3.63) is 102 Å². The number of ether oxygens (including phenoxy) is 1. The third-order valence-corrected chi connectivity index (χ3v) is 9.16. The lowest BCUT2D eigenvalue weighted by molar-refractivity contribution is -0.141. The highest BCUT2D eigenvalue weighted by Gasteiger charge is 2.39. The normalized spacial score (nSPS) is 13.5. The number of phosphoric ester groups is 1. The Morgan fingerprint density at radius 3 is 2.02 bits per heavy atom. The van der Waals surface area contributed by atoms with E-state index in [0.29, 0.717) is 19.5 Å². The van der Waals surface area contributed by atoms with Crippen LogP contribution in [-0.2, 0) is 42.6 Å². The smallest absolute Gasteiger partial charge is 0.475 e. The zero-order valence-electron chi connectivity index (χ0n) is 26.1. The first kappa shape index (κ1) is 33.9. The number of rotatable bonds is 21. The number of carbonyl (C=O) groups is 1. The van der Waals surface area contributed by atoms with Crippen molar-refractivity contribution >= 4 is 13.7 Å². The van der Waals surface area contributed by atoms with Crippen LogP contribution in [0.2, 0.25) is 0 Å². The second-order valence-corrected chi connectivity index (χ2v) is 13.1. The molecule has 0 aromatic heterocycles. The minimum absolute atomic E-state index is 0.0890. The van der Waals surface area contributed by atoms with Gasteiger partial charge in [0.05, 0.1) is 19.8 Å². The molecule has 1 fully saturated rings. The van der Waals surface area contributed by atoms with E-state index in [0.717, 1.165) is 49.2 Å². The van der Waals surface area contributed by atoms with E-state index in [1.54, 1.807) is 4.90 Å². The minimum atomic E-state index is -3.86. The maximum Gasteiger partial charge on any atom is 0.475 e. The molecule has 1 aliphatic rings. The largest absolute Gasteiger partial charge is 0.494 e. The molecule has 0 unspecified atom stereocenters. The summed E-state index contributed by atoms with van der Waals surface area (Å²) < 4.78 is 36.8. The van der Waals surface area contributed by atoms with Gasteiger partial charge < -0.3 is 9.64 Å². The molecule has 1 amide bonds. The Morgan fingerprint density at radius 2 is 1.36 bits per heavy atom. The van der Waals surface area contributed by atoms with Crippen LogP contribution in [0.5, 0.6) is 5.75 Å². The third kappa shape index (κ3) is 12.2. The highest BCUT2D eigenvalue weighted by molar-refractivity contribution is 7.48. The second-order valence-electron chi connectivity index (χ2n) is 11.5. The monoisotopic (exact) mass is 621 g/mol. The molecule has 1 heterocycles. The summed E-state index contributed by atoms with van der Waals surface area (Å²) in [4.78, 5) is 14.5. The molecule has 0 spiro atoms. The molecule has 0 N–H and O–H groups in total. The number of unbranched alkanes of at least 4 members (excludes halogenated alkanes) is 6. The average Bonchev–Trinajstić information content (AvgIpc) is 3.03. The SMILES string of the molecule is CCCCCCCCOc1cccc(CCCCC(=O)N2CC(OP(=O)(OCc3ccccc3)OCc3ccccc3)C2)c1. The van der Waals surface area contributed by atoms with Crippen LogP contribution in [0.1, 0.15) is 81.4 Å². The van der Waals surface area contributed by atoms with Crippen LogP contribution in [-0.4, -0.2) is 36.6 Å². The van der Waals surface area contributed by atoms with Crippen molar-refractivity contribution in [3.8, 4) is 5.75 Å². The lowest BCUT2D eigenvalue weighted by Crippen LogP contribution is -2.54. The predicted molar refractivity (Wildman–Crippen MR) is 174 cm³/mol. The van der Waals surface area contributed by atoms with Crippen LogP contribution >= 0.6 is 7.82 Å². The summed E-state index contributed by atoms with van der Waals surface area (Å²) in [6, 6.07) is 27.3. The van der Waals surface area contributed by atoms with Crippen LogP contribution in [0.3, 0.4) is 0 Å². The van der Waals surface area contributed by atoms with Crippen molar-refractivity contribution in [1.82, 2.24) is 4.90 Å². The molecule has 0 atom stereocenters. The predicted octanol–water partition coefficient (Wildman–Crippen LogP) is 8.91. The molecule has 3 aromatic carbocycles. The van der Waals surface area contributed by atoms with Crippen LogP contribution < -0.4 is 4.74 Å². The Bertz CT molecular complexity index is 1230. The van der Waals surface area contributed by atoms with Gasteiger partial charge in [0.1, 0.15) is 11.9 Å². The molecule has 7 nitrogen and oxygen atoms in total. The van der Waals surface area contributed by atoms with Crippen LogP contribution in [0.4, 0.5) is 0 Å². The molecule has 0 bridgehead atoms. The fourth-order valence-electron chi connectivity index (χ4n) is 5.07. The minimum Gasteiger partial charge on any atom is -0.494 e. The molecule has 44 heavy (non-hydrogen) atoms. The van der Waals surface area contributed by atoms with Crippen LogP contribution in [0.25, 0.3) is 0 Å². The van der Waals surface area contributed by atoms with Crippen molar-refractivity contribution in [3.63, 3.8) is 0 Å². The van der Waals surface area contributed by atoms with Gasteiger partial charge in [0, 0.05) is 19.5 Å². The molecule has 238 valence electrons. The Morgan fingerprint density at radius 1 is 0.750 bits per heavy atom. The number of phosphoric acid groups is 1. The van der Waals surface area contributed by atoms with Gasteiger partial charge in [-0.25, -0.2) is 4.57 Å². The number of benzene rings is 3. The van der Waals surface area contributed by atoms with Gasteiger partial charge in [0.15, 0.2) is 0 Å². The summed E-state index contributed by atoms with van der Waals surface area (Å²) in [5.74, 6) is 1.02. The molecule has 4 rings (SSSR count). The Kier molecular flexibility index (Phi) is 14.5. The van der Waals surface area contributed by atoms with Crippen LogP contribution in [0.15, 0.2) is 84.9 Å². The second kappa shape index (κ2) is 18.8. The zero-order valence-corrected chi connectivity index (χ0v) is 27.0. The van der Waals surface area contributed by atoms with E-state index in [9.17, 15) is 9.36 Å². The Hall–Kier alpha value is -2.96. The van der Waals surface area contributed by atoms with E-state index in [1.165, 1.54) is 37.7 Å². The number of hydrogen-bond donors (Lipinski definition) is 0. The number of likely N-dealkylation sites (tertiary alicyclic amines) is 1. The number of carbonyl (C=O) groups excluding carboxylic acids is 1. The van der Waals surface area contributed by atoms with E-state index in [1.807, 2.05) is 72.8 Å². The van der Waals surface area contributed by atoms with Crippen molar-refractivity contribution < 1.29 is 27.7 Å². The summed E-state index contributed by atoms with van der Waals surface area (Å²) >= 11 is 0. The summed E-state index contributed by atoms with van der Waals surface area (Å²) in [6.07, 6.45) is 10.2. The van der Waals surface area contributed by atoms with E-state index in [2.05, 4.69) is 19.1 Å². The van der Waals surface area contributed by atoms with Crippen molar-refractivity contribution in [2.24, 2.45) is 0 Å². The van der Waals surface area contributed by atoms with Crippen molar-refractivity contribution in [2.45, 2.75) is 90.4 Å². The lowest BCUT2D eigenvalue weighted by Gasteiger charge is -2.39. The van der Waals surface area contributed by atoms with E-state index >= 15 is 0 Å². The summed E-state index contributed by atoms with van der Waals surface area (Å²) in [6.45, 7) is 3.97. The lowest BCUT2D eigenvalue weighted by atomic mass is 10.1. The van der Waals surface area contributed by atoms with Crippen molar-refractivity contribution in [2.75, 3.05) is 19.7 Å². The van der Waals surface area contributed by atoms with Gasteiger partial charge in [-0.05, 0) is 54.5 Å². The van der Waals surface area contributed by atoms with E-state index in [4.69, 9.17) is 18.3 Å². The first-order valence-electron chi connectivity index (χ1n) is 16.2. The maximum atomic E-state index is 13.6. The quantitative estimate of drug-likeness (QED) is 0.0874. The fourth-order valence-corrected chi connectivity index (χ4v) is 6.38. The maximum absolute atomic E-state index is 13.6. The molecule has 1 saturated heterocycles. The van der Waals surface area contributed by atoms with Gasteiger partial charge in [0.25, 0.3) is 0 Å². The van der Waals surface area contributed by atoms with Gasteiger partial charge in [-0.3, -0.25) is 18.4 Å². The summed E-state index contributed by atoms with van der Waals surface area (Å²) in [5, 5.41) is 0. The molecule has 0 aliphatic carbocycles.